The lowest BCUT2D eigenvalue weighted by Gasteiger charge is -2.30. The molecule has 0 bridgehead atoms. The summed E-state index contributed by atoms with van der Waals surface area (Å²) in [5.74, 6) is 0. The van der Waals surface area contributed by atoms with Crippen LogP contribution in [0.15, 0.2) is 429 Å². The maximum atomic E-state index is 5.89. The summed E-state index contributed by atoms with van der Waals surface area (Å²) in [6.07, 6.45) is 0. The number of anilines is 9. The minimum absolute atomic E-state index is 0.0135. The van der Waals surface area contributed by atoms with E-state index in [1.165, 1.54) is 188 Å². The van der Waals surface area contributed by atoms with Gasteiger partial charge in [0.2, 0.25) is 0 Å². The fraction of sp³-hybridized carbons (Fsp3) is 0.212. The summed E-state index contributed by atoms with van der Waals surface area (Å²) in [5.41, 5.74) is 41.3. The molecule has 3 aliphatic rings. The average Bonchev–Trinajstić information content (AvgIpc) is 1.58. The normalized spacial score (nSPS) is 13.4. The highest BCUT2D eigenvalue weighted by Gasteiger charge is 2.40. The molecule has 142 heavy (non-hydrogen) atoms. The maximum absolute atomic E-state index is 5.89. The molecule has 0 aliphatic heterocycles. The first-order chi connectivity index (χ1) is 67.9. The zero-order valence-electron chi connectivity index (χ0n) is 86.6. The van der Waals surface area contributed by atoms with Crippen LogP contribution in [0.5, 0.6) is 0 Å². The Morgan fingerprint density at radius 1 is 0.190 bits per heavy atom. The molecule has 3 aliphatic carbocycles. The van der Waals surface area contributed by atoms with Gasteiger partial charge >= 0.3 is 0 Å². The van der Waals surface area contributed by atoms with Crippen LogP contribution in [0.2, 0.25) is 0 Å². The van der Waals surface area contributed by atoms with Crippen molar-refractivity contribution in [2.45, 2.75) is 189 Å². The van der Waals surface area contributed by atoms with Gasteiger partial charge in [0.25, 0.3) is 0 Å². The predicted octanol–water partition coefficient (Wildman–Crippen LogP) is 39.9. The van der Waals surface area contributed by atoms with Crippen molar-refractivity contribution in [3.05, 3.63) is 486 Å². The zero-order valence-corrected chi connectivity index (χ0v) is 87.4. The fourth-order valence-corrected chi connectivity index (χ4v) is 22.2. The zero-order chi connectivity index (χ0) is 99.6. The highest BCUT2D eigenvalue weighted by atomic mass is 32.1. The van der Waals surface area contributed by atoms with Crippen molar-refractivity contribution >= 4 is 105 Å². The van der Waals surface area contributed by atoms with Crippen LogP contribution in [0, 0.1) is 0 Å². The van der Waals surface area contributed by atoms with Gasteiger partial charge in [0.1, 0.15) is 11.2 Å². The van der Waals surface area contributed by atoms with Gasteiger partial charge in [-0.2, -0.15) is 0 Å². The molecule has 0 saturated carbocycles. The second-order valence-corrected chi connectivity index (χ2v) is 46.4. The van der Waals surface area contributed by atoms with E-state index in [0.29, 0.717) is 0 Å². The van der Waals surface area contributed by atoms with E-state index in [9.17, 15) is 0 Å². The van der Waals surface area contributed by atoms with Crippen LogP contribution in [-0.4, -0.2) is 0 Å². The van der Waals surface area contributed by atoms with Crippen molar-refractivity contribution in [3.8, 4) is 55.6 Å². The molecule has 0 saturated heterocycles. The quantitative estimate of drug-likeness (QED) is 0.129. The van der Waals surface area contributed by atoms with Gasteiger partial charge in [-0.25, -0.2) is 0 Å². The molecule has 0 radical (unpaired) electrons. The van der Waals surface area contributed by atoms with Gasteiger partial charge in [-0.3, -0.25) is 0 Å². The molecule has 0 amide bonds. The topological polar surface area (TPSA) is 22.9 Å². The molecule has 0 fully saturated rings. The first-order valence-electron chi connectivity index (χ1n) is 50.5. The fourth-order valence-electron chi connectivity index (χ4n) is 21.1. The van der Waals surface area contributed by atoms with Crippen molar-refractivity contribution in [3.63, 3.8) is 0 Å². The molecule has 23 rings (SSSR count). The minimum atomic E-state index is -0.0529. The number of para-hydroxylation sites is 3. The van der Waals surface area contributed by atoms with E-state index in [2.05, 4.69) is 573 Å². The number of benzene rings is 18. The number of thiophene rings is 1. The van der Waals surface area contributed by atoms with E-state index in [4.69, 9.17) is 4.42 Å². The van der Waals surface area contributed by atoms with E-state index >= 15 is 0 Å². The highest BCUT2D eigenvalue weighted by molar-refractivity contribution is 7.25. The third-order valence-corrected chi connectivity index (χ3v) is 30.6. The van der Waals surface area contributed by atoms with Crippen LogP contribution in [0.25, 0.3) is 97.7 Å². The second-order valence-electron chi connectivity index (χ2n) is 45.3. The molecular weight excluding hydrogens is 1740 g/mol. The largest absolute Gasteiger partial charge is 0.456 e. The van der Waals surface area contributed by atoms with Gasteiger partial charge in [-0.1, -0.05) is 443 Å². The average molecular weight is 1870 g/mol. The summed E-state index contributed by atoms with van der Waals surface area (Å²) >= 11 is 1.89. The number of hydrogen-bond acceptors (Lipinski definition) is 5. The second kappa shape index (κ2) is 38.1. The first-order valence-corrected chi connectivity index (χ1v) is 51.3. The molecule has 0 atom stereocenters. The van der Waals surface area contributed by atoms with Crippen molar-refractivity contribution in [2.75, 3.05) is 14.7 Å². The molecule has 0 N–H and O–H groups in total. The van der Waals surface area contributed by atoms with Crippen LogP contribution < -0.4 is 14.7 Å². The Kier molecular flexibility index (Phi) is 25.8. The van der Waals surface area contributed by atoms with E-state index in [1.54, 1.807) is 0 Å². The van der Waals surface area contributed by atoms with Crippen LogP contribution in [0.3, 0.4) is 0 Å². The van der Waals surface area contributed by atoms with E-state index < -0.39 is 0 Å². The Hall–Kier alpha value is -14.6. The molecule has 18 aromatic carbocycles. The summed E-state index contributed by atoms with van der Waals surface area (Å²) in [6, 6.07) is 155. The monoisotopic (exact) mass is 1870 g/mol. The Bertz CT molecular complexity index is 7830. The van der Waals surface area contributed by atoms with Crippen LogP contribution in [0.1, 0.15) is 207 Å². The highest BCUT2D eigenvalue weighted by Crippen LogP contribution is 2.56. The lowest BCUT2D eigenvalue weighted by molar-refractivity contribution is 0.587. The Morgan fingerprint density at radius 3 is 0.915 bits per heavy atom. The standard InChI is InChI=1S/2C37H35N.C31H31N.C16H16O.C16H16S/c1-36(2,3)27-19-21-28(22-20-27)38(35-18-12-10-15-30(35)26-13-7-6-8-14-26)29-23-24-32-31-16-9-11-17-33(31)37(4,5)34(32)25-29;1-36(2,3)28-17-21-30(22-18-28)38(29-19-15-27(16-20-29)26-11-7-6-8-12-26)31-23-24-33-32-13-9-10-14-34(32)37(4,5)35(33)25-31;1-30(2,3)22-15-17-24(18-16-22)32(23-11-7-6-8-12-23)25-19-20-27-26-13-9-10-14-28(26)31(4,5)29(27)21-25;2*1-16(2,3)11-8-9-13-12-6-4-5-7-14(12)17-15(13)10-11/h2*6-25H,1-5H3;6-21H,1-5H3;2*4-10H,1-3H3. The lowest BCUT2D eigenvalue weighted by Crippen LogP contribution is -2.17. The van der Waals surface area contributed by atoms with Gasteiger partial charge in [0.05, 0.1) is 5.69 Å². The third-order valence-electron chi connectivity index (χ3n) is 29.4. The third kappa shape index (κ3) is 19.1. The molecule has 708 valence electrons. The molecule has 2 aromatic heterocycles. The van der Waals surface area contributed by atoms with Gasteiger partial charge in [-0.15, -0.1) is 11.3 Å². The van der Waals surface area contributed by atoms with Crippen LogP contribution >= 0.6 is 11.3 Å². The summed E-state index contributed by atoms with van der Waals surface area (Å²) in [5, 5.41) is 5.17. The van der Waals surface area contributed by atoms with Crippen molar-refractivity contribution in [1.29, 1.82) is 0 Å². The predicted molar refractivity (Wildman–Crippen MR) is 613 cm³/mol. The maximum Gasteiger partial charge on any atom is 0.135 e. The van der Waals surface area contributed by atoms with Crippen LogP contribution in [-0.2, 0) is 43.3 Å². The van der Waals surface area contributed by atoms with Gasteiger partial charge in [0.15, 0.2) is 0 Å². The summed E-state index contributed by atoms with van der Waals surface area (Å²) in [4.78, 5) is 7.18. The van der Waals surface area contributed by atoms with Crippen molar-refractivity contribution < 1.29 is 4.42 Å². The van der Waals surface area contributed by atoms with E-state index in [0.717, 1.165) is 22.5 Å². The molecule has 4 nitrogen and oxygen atoms in total. The Labute approximate surface area is 847 Å². The Morgan fingerprint density at radius 2 is 0.479 bits per heavy atom. The van der Waals surface area contributed by atoms with Crippen LogP contribution in [0.4, 0.5) is 51.2 Å². The lowest BCUT2D eigenvalue weighted by atomic mass is 9.82. The molecule has 5 heteroatoms. The number of fused-ring (bicyclic) bond motifs is 15. The van der Waals surface area contributed by atoms with Gasteiger partial charge in [0, 0.05) is 98.3 Å². The molecule has 20 aromatic rings. The molecule has 0 spiro atoms. The number of hydrogen-bond donors (Lipinski definition) is 0. The summed E-state index contributed by atoms with van der Waals surface area (Å²) in [6.45, 7) is 47.9. The van der Waals surface area contributed by atoms with Gasteiger partial charge < -0.3 is 19.1 Å². The molecular formula is C137H133N3OS. The van der Waals surface area contributed by atoms with Gasteiger partial charge in [-0.05, 0) is 266 Å². The SMILES string of the molecule is CC(C)(C)c1ccc(N(c2ccc(-c3ccccc3)cc2)c2ccc3c(c2)C(C)(C)c2ccccc2-3)cc1.CC(C)(C)c1ccc(N(c2ccc3c(c2)C(C)(C)c2ccccc2-3)c2ccccc2-c2ccccc2)cc1.CC(C)(C)c1ccc(N(c2ccccc2)c2ccc3c(c2)C(C)(C)c2ccccc2-3)cc1.CC(C)(C)c1ccc2c(c1)oc1ccccc12.CC(C)(C)c1ccc2c(c1)sc1ccccc12. The summed E-state index contributed by atoms with van der Waals surface area (Å²) in [7, 11) is 0. The number of nitrogens with zero attached hydrogens (tertiary/aromatic N) is 3. The number of furan rings is 1. The Balaban J connectivity index is 0.000000117. The molecule has 0 unspecified atom stereocenters. The van der Waals surface area contributed by atoms with Crippen molar-refractivity contribution in [1.82, 2.24) is 0 Å². The first kappa shape index (κ1) is 96.3. The minimum Gasteiger partial charge on any atom is -0.456 e. The smallest absolute Gasteiger partial charge is 0.135 e. The van der Waals surface area contributed by atoms with Crippen molar-refractivity contribution in [2.24, 2.45) is 0 Å². The van der Waals surface area contributed by atoms with E-state index in [-0.39, 0.29) is 43.3 Å². The number of rotatable bonds is 11. The molecule has 2 heterocycles. The summed E-state index contributed by atoms with van der Waals surface area (Å²) < 4.78 is 8.67. The van der Waals surface area contributed by atoms with E-state index in [1.807, 2.05) is 23.5 Å².